The predicted molar refractivity (Wildman–Crippen MR) is 179 cm³/mol. The van der Waals surface area contributed by atoms with Gasteiger partial charge in [0, 0.05) is 54.9 Å². The number of carbonyl (C=O) groups excluding carboxylic acids is 1. The van der Waals surface area contributed by atoms with Gasteiger partial charge < -0.3 is 19.9 Å². The zero-order chi connectivity index (χ0) is 34.3. The lowest BCUT2D eigenvalue weighted by atomic mass is 10.0. The average molecular weight is 675 g/mol. The first kappa shape index (κ1) is 32.4. The summed E-state index contributed by atoms with van der Waals surface area (Å²) in [5.74, 6) is 1.08. The molecule has 15 heteroatoms. The molecule has 7 rings (SSSR count). The van der Waals surface area contributed by atoms with Crippen molar-refractivity contribution in [1.82, 2.24) is 34.6 Å². The van der Waals surface area contributed by atoms with Crippen molar-refractivity contribution < 1.29 is 22.7 Å². The Bertz CT molecular complexity index is 1920. The van der Waals surface area contributed by atoms with E-state index in [4.69, 9.17) is 0 Å². The van der Waals surface area contributed by atoms with Gasteiger partial charge in [-0.15, -0.1) is 13.2 Å². The van der Waals surface area contributed by atoms with Crippen LogP contribution in [-0.2, 0) is 11.3 Å². The Labute approximate surface area is 281 Å². The Morgan fingerprint density at radius 1 is 1.12 bits per heavy atom. The zero-order valence-corrected chi connectivity index (χ0v) is 27.5. The van der Waals surface area contributed by atoms with Crippen LogP contribution in [0.3, 0.4) is 0 Å². The summed E-state index contributed by atoms with van der Waals surface area (Å²) in [6.07, 6.45) is 8.20. The van der Waals surface area contributed by atoms with Gasteiger partial charge in [-0.2, -0.15) is 10.1 Å². The van der Waals surface area contributed by atoms with E-state index in [0.29, 0.717) is 59.0 Å². The fraction of sp³-hybridized carbons (Fsp3) is 0.382. The minimum absolute atomic E-state index is 0.248. The number of ether oxygens (including phenoxy) is 1. The van der Waals surface area contributed by atoms with Crippen LogP contribution in [0.1, 0.15) is 55.5 Å². The summed E-state index contributed by atoms with van der Waals surface area (Å²) in [4.78, 5) is 36.2. The number of anilines is 4. The van der Waals surface area contributed by atoms with Crippen molar-refractivity contribution in [1.29, 1.82) is 0 Å². The first-order valence-corrected chi connectivity index (χ1v) is 16.3. The summed E-state index contributed by atoms with van der Waals surface area (Å²) in [7, 11) is 1.68. The zero-order valence-electron chi connectivity index (χ0n) is 27.5. The van der Waals surface area contributed by atoms with Crippen molar-refractivity contribution in [2.75, 3.05) is 41.8 Å². The maximum Gasteiger partial charge on any atom is 0.573 e. The molecule has 5 heterocycles. The van der Waals surface area contributed by atoms with E-state index in [-0.39, 0.29) is 18.3 Å². The van der Waals surface area contributed by atoms with Crippen molar-refractivity contribution in [2.45, 2.75) is 58.5 Å². The van der Waals surface area contributed by atoms with Gasteiger partial charge >= 0.3 is 12.4 Å². The lowest BCUT2D eigenvalue weighted by Crippen LogP contribution is -2.46. The number of urea groups is 1. The number of halogens is 3. The van der Waals surface area contributed by atoms with E-state index in [1.54, 1.807) is 30.4 Å². The highest BCUT2D eigenvalue weighted by Gasteiger charge is 2.34. The van der Waals surface area contributed by atoms with E-state index in [2.05, 4.69) is 46.9 Å². The number of hydrogen-bond donors (Lipinski definition) is 2. The molecule has 1 fully saturated rings. The molecule has 0 bridgehead atoms. The van der Waals surface area contributed by atoms with E-state index in [0.717, 1.165) is 49.3 Å². The molecular weight excluding hydrogens is 637 g/mol. The number of benzene rings is 1. The molecule has 49 heavy (non-hydrogen) atoms. The molecular formula is C34H37F3N10O2. The maximum absolute atomic E-state index is 13.8. The third-order valence-electron chi connectivity index (χ3n) is 9.27. The predicted octanol–water partition coefficient (Wildman–Crippen LogP) is 6.95. The number of aromatic nitrogens is 6. The number of nitrogens with one attached hydrogen (secondary N) is 2. The van der Waals surface area contributed by atoms with Gasteiger partial charge in [-0.25, -0.2) is 14.8 Å². The topological polar surface area (TPSA) is 120 Å². The molecule has 2 N–H and O–H groups in total. The number of H-pyrrole nitrogens is 1. The number of fused-ring (bicyclic) bond motifs is 1. The van der Waals surface area contributed by atoms with Gasteiger partial charge in [-0.05, 0) is 56.9 Å². The number of rotatable bonds is 8. The van der Waals surface area contributed by atoms with Crippen molar-refractivity contribution in [3.8, 4) is 11.4 Å². The first-order chi connectivity index (χ1) is 23.6. The molecule has 0 spiro atoms. The molecule has 1 aromatic carbocycles. The summed E-state index contributed by atoms with van der Waals surface area (Å²) < 4.78 is 45.4. The molecule has 0 atom stereocenters. The van der Waals surface area contributed by atoms with Crippen LogP contribution in [0.2, 0.25) is 0 Å². The van der Waals surface area contributed by atoms with Gasteiger partial charge in [-0.1, -0.05) is 25.1 Å². The number of allylic oxidation sites excluding steroid dienone is 3. The smallest absolute Gasteiger partial charge is 0.405 e. The van der Waals surface area contributed by atoms with Crippen LogP contribution >= 0.6 is 0 Å². The number of likely N-dealkylation sites (tertiary alicyclic amines) is 1. The largest absolute Gasteiger partial charge is 0.573 e. The number of piperidine rings is 1. The Morgan fingerprint density at radius 2 is 1.94 bits per heavy atom. The Balaban J connectivity index is 1.09. The van der Waals surface area contributed by atoms with Gasteiger partial charge in [0.1, 0.15) is 17.4 Å². The minimum Gasteiger partial charge on any atom is -0.405 e. The lowest BCUT2D eigenvalue weighted by molar-refractivity contribution is -0.303. The molecule has 3 aliphatic rings. The molecule has 0 saturated carbocycles. The Kier molecular flexibility index (Phi) is 8.61. The van der Waals surface area contributed by atoms with Crippen LogP contribution in [0.4, 0.5) is 41.1 Å². The van der Waals surface area contributed by atoms with E-state index < -0.39 is 6.36 Å². The molecule has 4 aromatic rings. The first-order valence-electron chi connectivity index (χ1n) is 16.3. The second kappa shape index (κ2) is 13.0. The molecule has 12 nitrogen and oxygen atoms in total. The highest BCUT2D eigenvalue weighted by Crippen LogP contribution is 2.36. The van der Waals surface area contributed by atoms with E-state index in [9.17, 15) is 18.0 Å². The van der Waals surface area contributed by atoms with Crippen molar-refractivity contribution in [3.05, 3.63) is 77.7 Å². The van der Waals surface area contributed by atoms with Crippen molar-refractivity contribution in [2.24, 2.45) is 0 Å². The van der Waals surface area contributed by atoms with E-state index >= 15 is 0 Å². The van der Waals surface area contributed by atoms with Crippen molar-refractivity contribution in [3.63, 3.8) is 0 Å². The average Bonchev–Trinajstić information content (AvgIpc) is 3.77. The second-order valence-corrected chi connectivity index (χ2v) is 12.4. The van der Waals surface area contributed by atoms with Crippen LogP contribution in [0.5, 0.6) is 0 Å². The molecule has 2 amide bonds. The van der Waals surface area contributed by atoms with Crippen LogP contribution in [0, 0.1) is 6.92 Å². The van der Waals surface area contributed by atoms with E-state index in [1.807, 2.05) is 36.0 Å². The van der Waals surface area contributed by atoms with E-state index in [1.165, 1.54) is 17.2 Å². The SMILES string of the molecule is CCN1CCC(n2cc(Nc3ncc4c(n3)N(C)C(=O)N(c3cc(-c5ncc(C6=C(OC(F)(F)F)C=CCC6)[nH]5)ccc3C)C4)cn2)CC1. The summed E-state index contributed by atoms with van der Waals surface area (Å²) >= 11 is 0. The third kappa shape index (κ3) is 6.75. The molecule has 0 unspecified atom stereocenters. The normalized spacial score (nSPS) is 17.6. The third-order valence-corrected chi connectivity index (χ3v) is 9.27. The van der Waals surface area contributed by atoms with Gasteiger partial charge in [0.15, 0.2) is 0 Å². The number of aryl methyl sites for hydroxylation is 1. The highest BCUT2D eigenvalue weighted by molar-refractivity contribution is 6.05. The number of hydrogen-bond acceptors (Lipinski definition) is 8. The van der Waals surface area contributed by atoms with Gasteiger partial charge in [0.2, 0.25) is 5.95 Å². The number of nitrogens with zero attached hydrogens (tertiary/aromatic N) is 8. The Hall–Kier alpha value is -5.18. The van der Waals surface area contributed by atoms with Gasteiger partial charge in [0.05, 0.1) is 36.4 Å². The second-order valence-electron chi connectivity index (χ2n) is 12.4. The van der Waals surface area contributed by atoms with Crippen LogP contribution in [0.25, 0.3) is 17.0 Å². The number of imidazole rings is 1. The lowest BCUT2D eigenvalue weighted by Gasteiger charge is -2.35. The van der Waals surface area contributed by atoms with Gasteiger partial charge in [-0.3, -0.25) is 14.5 Å². The highest BCUT2D eigenvalue weighted by atomic mass is 19.4. The summed E-state index contributed by atoms with van der Waals surface area (Å²) in [5.41, 5.74) is 4.58. The monoisotopic (exact) mass is 674 g/mol. The molecule has 1 saturated heterocycles. The van der Waals surface area contributed by atoms with Crippen LogP contribution in [-0.4, -0.2) is 73.7 Å². The number of alkyl halides is 3. The molecule has 0 radical (unpaired) electrons. The van der Waals surface area contributed by atoms with Crippen molar-refractivity contribution >= 4 is 34.7 Å². The number of aromatic amines is 1. The fourth-order valence-electron chi connectivity index (χ4n) is 6.59. The standard InChI is InChI=1S/C34H37F3N10O2/c1-4-45-13-11-25(12-14-45)47-20-24(17-40-47)41-32-39-16-23-19-46(33(48)44(3)31(23)43-32)28-15-22(10-9-21(28)2)30-38-18-27(42-30)26-7-5-6-8-29(26)49-34(35,36)37/h6,8-10,15-18,20,25H,4-5,7,11-14,19H2,1-3H3,(H,38,42)(H,39,41,43). The summed E-state index contributed by atoms with van der Waals surface area (Å²) in [6, 6.07) is 5.67. The molecule has 256 valence electrons. The number of amides is 2. The molecule has 3 aromatic heterocycles. The van der Waals surface area contributed by atoms with Gasteiger partial charge in [0.25, 0.3) is 0 Å². The quantitative estimate of drug-likeness (QED) is 0.206. The molecule has 1 aliphatic carbocycles. The fourth-order valence-corrected chi connectivity index (χ4v) is 6.59. The Morgan fingerprint density at radius 3 is 2.71 bits per heavy atom. The maximum atomic E-state index is 13.8. The summed E-state index contributed by atoms with van der Waals surface area (Å²) in [5, 5.41) is 7.81. The number of carbonyl (C=O) groups is 1. The minimum atomic E-state index is -4.80. The summed E-state index contributed by atoms with van der Waals surface area (Å²) in [6.45, 7) is 7.52. The van der Waals surface area contributed by atoms with Crippen LogP contribution in [0.15, 0.2) is 60.9 Å². The molecule has 2 aliphatic heterocycles. The van der Waals surface area contributed by atoms with Crippen LogP contribution < -0.4 is 15.1 Å².